The zero-order valence-corrected chi connectivity index (χ0v) is 8.39. The zero-order chi connectivity index (χ0) is 11.1. The Morgan fingerprint density at radius 3 is 2.27 bits per heavy atom. The molecule has 0 aromatic heterocycles. The van der Waals surface area contributed by atoms with Gasteiger partial charge in [0.1, 0.15) is 0 Å². The largest absolute Gasteiger partial charge is 0.550 e. The third-order valence-electron chi connectivity index (χ3n) is 1.17. The van der Waals surface area contributed by atoms with Gasteiger partial charge in [0.2, 0.25) is 0 Å². The second-order valence-electron chi connectivity index (χ2n) is 2.40. The van der Waals surface area contributed by atoms with Crippen LogP contribution < -0.4 is 11.3 Å². The maximum atomic E-state index is 10.6. The van der Waals surface area contributed by atoms with Crippen LogP contribution in [0.1, 0.15) is 19.8 Å². The average Bonchev–Trinajstić information content (AvgIpc) is 2.10. The molecule has 0 heterocycles. The van der Waals surface area contributed by atoms with Crippen molar-refractivity contribution >= 4 is 17.9 Å². The summed E-state index contributed by atoms with van der Waals surface area (Å²) < 4.78 is 0. The predicted octanol–water partition coefficient (Wildman–Crippen LogP) is -1.16. The lowest BCUT2D eigenvalue weighted by Crippen LogP contribution is -2.25. The van der Waals surface area contributed by atoms with Gasteiger partial charge < -0.3 is 21.2 Å². The van der Waals surface area contributed by atoms with Gasteiger partial charge in [0.25, 0.3) is 0 Å². The van der Waals surface area contributed by atoms with Crippen molar-refractivity contribution in [3.8, 4) is 0 Å². The van der Waals surface area contributed by atoms with E-state index in [0.29, 0.717) is 0 Å². The van der Waals surface area contributed by atoms with Crippen LogP contribution in [0.2, 0.25) is 0 Å². The quantitative estimate of drug-likeness (QED) is 0.425. The van der Waals surface area contributed by atoms with E-state index in [1.165, 1.54) is 0 Å². The number of hydrogen-bond donors (Lipinski definition) is 2. The SMILES string of the molecule is CC(OOC(=O)CCC(=O)[O-])C(=O)O.[NH4+]. The molecule has 1 atom stereocenters. The molecule has 0 radical (unpaired) electrons. The van der Waals surface area contributed by atoms with E-state index in [0.717, 1.165) is 6.92 Å². The van der Waals surface area contributed by atoms with Crippen LogP contribution in [0.25, 0.3) is 0 Å². The summed E-state index contributed by atoms with van der Waals surface area (Å²) in [6.07, 6.45) is -2.21. The molecule has 0 amide bonds. The molecule has 88 valence electrons. The summed E-state index contributed by atoms with van der Waals surface area (Å²) in [6, 6.07) is 0. The van der Waals surface area contributed by atoms with Crippen molar-refractivity contribution in [3.05, 3.63) is 0 Å². The average molecular weight is 223 g/mol. The molecule has 8 nitrogen and oxygen atoms in total. The lowest BCUT2D eigenvalue weighted by atomic mass is 10.3. The molecule has 0 bridgehead atoms. The molecule has 0 saturated heterocycles. The molecule has 8 heteroatoms. The molecule has 0 rings (SSSR count). The fourth-order valence-electron chi connectivity index (χ4n) is 0.413. The number of hydrogen-bond acceptors (Lipinski definition) is 6. The first kappa shape index (κ1) is 15.8. The minimum absolute atomic E-state index is 0. The first-order valence-electron chi connectivity index (χ1n) is 3.72. The standard InChI is InChI=1S/C7H10O7.H3N/c1-4(7(11)12)13-14-6(10)3-2-5(8)9;/h4H,2-3H2,1H3,(H,8,9)(H,11,12);1H3. The van der Waals surface area contributed by atoms with E-state index in [1.807, 2.05) is 0 Å². The highest BCUT2D eigenvalue weighted by Crippen LogP contribution is 1.96. The summed E-state index contributed by atoms with van der Waals surface area (Å²) in [5.74, 6) is -3.65. The number of quaternary nitrogens is 1. The molecular weight excluding hydrogens is 210 g/mol. The van der Waals surface area contributed by atoms with E-state index < -0.39 is 36.9 Å². The van der Waals surface area contributed by atoms with Crippen LogP contribution in [0, 0.1) is 0 Å². The molecule has 0 aromatic carbocycles. The van der Waals surface area contributed by atoms with Gasteiger partial charge in [-0.1, -0.05) is 0 Å². The number of carboxylic acid groups (broad SMARTS) is 2. The third-order valence-corrected chi connectivity index (χ3v) is 1.17. The minimum atomic E-state index is -1.40. The van der Waals surface area contributed by atoms with E-state index in [-0.39, 0.29) is 6.15 Å². The summed E-state index contributed by atoms with van der Waals surface area (Å²) in [6.45, 7) is 1.16. The topological polar surface area (TPSA) is 149 Å². The van der Waals surface area contributed by atoms with E-state index in [9.17, 15) is 19.5 Å². The molecule has 0 aliphatic carbocycles. The zero-order valence-electron chi connectivity index (χ0n) is 8.39. The normalized spacial score (nSPS) is 11.0. The second-order valence-corrected chi connectivity index (χ2v) is 2.40. The fraction of sp³-hybridized carbons (Fsp3) is 0.571. The van der Waals surface area contributed by atoms with E-state index in [1.54, 1.807) is 0 Å². The summed E-state index contributed by atoms with van der Waals surface area (Å²) in [5, 5.41) is 18.2. The smallest absolute Gasteiger partial charge is 0.342 e. The molecule has 0 aliphatic heterocycles. The first-order valence-corrected chi connectivity index (χ1v) is 3.72. The Morgan fingerprint density at radius 1 is 1.33 bits per heavy atom. The number of carbonyl (C=O) groups excluding carboxylic acids is 2. The number of aliphatic carboxylic acids is 2. The van der Waals surface area contributed by atoms with E-state index in [2.05, 4.69) is 9.78 Å². The summed E-state index contributed by atoms with van der Waals surface area (Å²) in [5.41, 5.74) is 0. The molecular formula is C7H13NO7. The van der Waals surface area contributed by atoms with Crippen LogP contribution in [0.5, 0.6) is 0 Å². The Kier molecular flexibility index (Phi) is 8.11. The third kappa shape index (κ3) is 8.65. The van der Waals surface area contributed by atoms with Crippen LogP contribution in [0.4, 0.5) is 0 Å². The molecule has 0 aliphatic rings. The van der Waals surface area contributed by atoms with Crippen LogP contribution in [0.15, 0.2) is 0 Å². The molecule has 1 unspecified atom stereocenters. The Hall–Kier alpha value is -1.67. The van der Waals surface area contributed by atoms with Gasteiger partial charge in [-0.15, -0.1) is 0 Å². The van der Waals surface area contributed by atoms with Crippen LogP contribution >= 0.6 is 0 Å². The minimum Gasteiger partial charge on any atom is -0.550 e. The summed E-state index contributed by atoms with van der Waals surface area (Å²) in [7, 11) is 0. The summed E-state index contributed by atoms with van der Waals surface area (Å²) >= 11 is 0. The molecule has 0 spiro atoms. The van der Waals surface area contributed by atoms with Crippen molar-refractivity contribution in [2.24, 2.45) is 0 Å². The van der Waals surface area contributed by atoms with Gasteiger partial charge in [-0.2, -0.15) is 4.89 Å². The maximum Gasteiger partial charge on any atom is 0.342 e. The number of carboxylic acids is 2. The van der Waals surface area contributed by atoms with Gasteiger partial charge in [-0.25, -0.2) is 9.59 Å². The number of carbonyl (C=O) groups is 3. The van der Waals surface area contributed by atoms with E-state index >= 15 is 0 Å². The lowest BCUT2D eigenvalue weighted by molar-refractivity contribution is -0.308. The van der Waals surface area contributed by atoms with Crippen molar-refractivity contribution in [1.29, 1.82) is 0 Å². The van der Waals surface area contributed by atoms with Gasteiger partial charge >= 0.3 is 11.9 Å². The highest BCUT2D eigenvalue weighted by Gasteiger charge is 2.14. The molecule has 15 heavy (non-hydrogen) atoms. The molecule has 5 N–H and O–H groups in total. The Labute approximate surface area is 85.3 Å². The molecule has 0 aromatic rings. The van der Waals surface area contributed by atoms with Gasteiger partial charge in [-0.05, 0) is 13.3 Å². The lowest BCUT2D eigenvalue weighted by Gasteiger charge is -2.06. The van der Waals surface area contributed by atoms with Gasteiger partial charge in [0.05, 0.1) is 6.42 Å². The van der Waals surface area contributed by atoms with Crippen molar-refractivity contribution < 1.29 is 34.4 Å². The Morgan fingerprint density at radius 2 is 1.87 bits per heavy atom. The van der Waals surface area contributed by atoms with Gasteiger partial charge in [0, 0.05) is 5.97 Å². The highest BCUT2D eigenvalue weighted by molar-refractivity contribution is 5.75. The van der Waals surface area contributed by atoms with Crippen molar-refractivity contribution in [2.45, 2.75) is 25.9 Å². The van der Waals surface area contributed by atoms with Crippen molar-refractivity contribution in [3.63, 3.8) is 0 Å². The van der Waals surface area contributed by atoms with Crippen molar-refractivity contribution in [2.75, 3.05) is 0 Å². The van der Waals surface area contributed by atoms with Gasteiger partial charge in [-0.3, -0.25) is 4.89 Å². The van der Waals surface area contributed by atoms with Crippen LogP contribution in [-0.2, 0) is 24.2 Å². The molecule has 0 fully saturated rings. The molecule has 0 saturated carbocycles. The summed E-state index contributed by atoms with van der Waals surface area (Å²) in [4.78, 5) is 38.8. The van der Waals surface area contributed by atoms with Gasteiger partial charge in [0.15, 0.2) is 6.10 Å². The van der Waals surface area contributed by atoms with E-state index in [4.69, 9.17) is 5.11 Å². The van der Waals surface area contributed by atoms with Crippen LogP contribution in [0.3, 0.4) is 0 Å². The predicted molar refractivity (Wildman–Crippen MR) is 44.5 cm³/mol. The Bertz CT molecular complexity index is 239. The van der Waals surface area contributed by atoms with Crippen molar-refractivity contribution in [1.82, 2.24) is 6.15 Å². The monoisotopic (exact) mass is 223 g/mol. The van der Waals surface area contributed by atoms with Crippen LogP contribution in [-0.4, -0.2) is 29.1 Å². The maximum absolute atomic E-state index is 10.6. The first-order chi connectivity index (χ1) is 6.43. The Balaban J connectivity index is 0. The number of rotatable bonds is 6. The highest BCUT2D eigenvalue weighted by atomic mass is 17.2. The fourth-order valence-corrected chi connectivity index (χ4v) is 0.413. The second kappa shape index (κ2) is 7.71.